The molecule has 0 aromatic heterocycles. The van der Waals surface area contributed by atoms with Crippen molar-refractivity contribution < 1.29 is 19.8 Å². The number of likely N-dealkylation sites (tertiary alicyclic amines) is 1. The maximum atomic E-state index is 12.3. The van der Waals surface area contributed by atoms with Crippen molar-refractivity contribution in [3.8, 4) is 0 Å². The third kappa shape index (κ3) is 1.65. The summed E-state index contributed by atoms with van der Waals surface area (Å²) in [7, 11) is 0. The van der Waals surface area contributed by atoms with Gasteiger partial charge in [0.1, 0.15) is 5.54 Å². The molecule has 2 N–H and O–H groups in total. The van der Waals surface area contributed by atoms with Gasteiger partial charge in [0.25, 0.3) is 5.91 Å². The fourth-order valence-electron chi connectivity index (χ4n) is 3.08. The molecule has 100 valence electrons. The van der Waals surface area contributed by atoms with Crippen LogP contribution in [0.3, 0.4) is 0 Å². The van der Waals surface area contributed by atoms with Crippen molar-refractivity contribution >= 4 is 11.9 Å². The first-order valence-electron chi connectivity index (χ1n) is 6.35. The Morgan fingerprint density at radius 1 is 1.32 bits per heavy atom. The lowest BCUT2D eigenvalue weighted by Gasteiger charge is -2.27. The number of aliphatic carboxylic acids is 1. The van der Waals surface area contributed by atoms with Crippen LogP contribution in [0.1, 0.15) is 24.5 Å². The second kappa shape index (κ2) is 4.06. The zero-order valence-electron chi connectivity index (χ0n) is 10.3. The lowest BCUT2D eigenvalue weighted by Crippen LogP contribution is -2.47. The number of piperidine rings is 1. The summed E-state index contributed by atoms with van der Waals surface area (Å²) < 4.78 is 0. The number of nitrogens with zero attached hydrogens (tertiary/aromatic N) is 1. The molecule has 1 saturated carbocycles. The fourth-order valence-corrected chi connectivity index (χ4v) is 3.08. The molecule has 1 saturated heterocycles. The number of amides is 1. The molecule has 5 heteroatoms. The molecular formula is C14H15NO4. The van der Waals surface area contributed by atoms with E-state index in [0.29, 0.717) is 24.9 Å². The molecule has 19 heavy (non-hydrogen) atoms. The number of rotatable bonds is 3. The van der Waals surface area contributed by atoms with Gasteiger partial charge in [-0.15, -0.1) is 0 Å². The van der Waals surface area contributed by atoms with Crippen LogP contribution in [0.25, 0.3) is 0 Å². The van der Waals surface area contributed by atoms with Gasteiger partial charge >= 0.3 is 5.97 Å². The Balaban J connectivity index is 1.83. The molecule has 2 fully saturated rings. The molecule has 3 atom stereocenters. The predicted octanol–water partition coefficient (Wildman–Crippen LogP) is 0.796. The van der Waals surface area contributed by atoms with Crippen LogP contribution in [-0.2, 0) is 9.59 Å². The number of carboxylic acids is 1. The number of hydrogen-bond donors (Lipinski definition) is 2. The zero-order chi connectivity index (χ0) is 13.6. The molecule has 3 rings (SSSR count). The predicted molar refractivity (Wildman–Crippen MR) is 66.2 cm³/mol. The molecule has 1 aromatic carbocycles. The Kier molecular flexibility index (Phi) is 2.60. The minimum absolute atomic E-state index is 0.0527. The van der Waals surface area contributed by atoms with Gasteiger partial charge in [0.05, 0.1) is 0 Å². The van der Waals surface area contributed by atoms with Gasteiger partial charge < -0.3 is 15.1 Å². The van der Waals surface area contributed by atoms with Crippen molar-refractivity contribution in [2.75, 3.05) is 6.54 Å². The van der Waals surface area contributed by atoms with E-state index in [4.69, 9.17) is 0 Å². The molecule has 2 aliphatic rings. The molecule has 1 amide bonds. The summed E-state index contributed by atoms with van der Waals surface area (Å²) >= 11 is 0. The Morgan fingerprint density at radius 3 is 2.58 bits per heavy atom. The molecule has 5 nitrogen and oxygen atoms in total. The van der Waals surface area contributed by atoms with Crippen LogP contribution >= 0.6 is 0 Å². The van der Waals surface area contributed by atoms with E-state index in [2.05, 4.69) is 0 Å². The van der Waals surface area contributed by atoms with Gasteiger partial charge in [-0.05, 0) is 24.3 Å². The van der Waals surface area contributed by atoms with Crippen molar-refractivity contribution in [1.82, 2.24) is 4.90 Å². The van der Waals surface area contributed by atoms with E-state index in [1.54, 1.807) is 30.3 Å². The van der Waals surface area contributed by atoms with Gasteiger partial charge in [-0.25, -0.2) is 4.79 Å². The normalized spacial score (nSPS) is 29.7. The maximum absolute atomic E-state index is 12.3. The number of fused-ring (bicyclic) bond motifs is 1. The topological polar surface area (TPSA) is 77.8 Å². The lowest BCUT2D eigenvalue weighted by atomic mass is 10.1. The van der Waals surface area contributed by atoms with Crippen molar-refractivity contribution in [3.63, 3.8) is 0 Å². The molecular weight excluding hydrogens is 246 g/mol. The number of hydrogen-bond acceptors (Lipinski definition) is 3. The Morgan fingerprint density at radius 2 is 2.00 bits per heavy atom. The highest BCUT2D eigenvalue weighted by molar-refractivity contribution is 5.93. The summed E-state index contributed by atoms with van der Waals surface area (Å²) in [5.41, 5.74) is -0.551. The van der Waals surface area contributed by atoms with Gasteiger partial charge in [0, 0.05) is 6.54 Å². The maximum Gasteiger partial charge on any atom is 0.329 e. The molecule has 1 heterocycles. The van der Waals surface area contributed by atoms with Crippen molar-refractivity contribution in [2.24, 2.45) is 5.92 Å². The number of aliphatic hydroxyl groups excluding tert-OH is 1. The van der Waals surface area contributed by atoms with Crippen LogP contribution in [-0.4, -0.2) is 39.1 Å². The van der Waals surface area contributed by atoms with Crippen LogP contribution < -0.4 is 0 Å². The second-order valence-electron chi connectivity index (χ2n) is 5.22. The molecule has 0 bridgehead atoms. The highest BCUT2D eigenvalue weighted by Crippen LogP contribution is 2.56. The van der Waals surface area contributed by atoms with E-state index in [9.17, 15) is 19.8 Å². The summed E-state index contributed by atoms with van der Waals surface area (Å²) in [6, 6.07) is 8.60. The number of carbonyl (C=O) groups is 2. The van der Waals surface area contributed by atoms with Gasteiger partial charge in [-0.1, -0.05) is 30.3 Å². The van der Waals surface area contributed by atoms with Gasteiger partial charge in [0.2, 0.25) is 0 Å². The first-order chi connectivity index (χ1) is 9.07. The molecule has 1 aromatic rings. The van der Waals surface area contributed by atoms with Crippen LogP contribution in [0.4, 0.5) is 0 Å². The summed E-state index contributed by atoms with van der Waals surface area (Å²) in [5, 5.41) is 19.4. The van der Waals surface area contributed by atoms with Crippen LogP contribution in [0.5, 0.6) is 0 Å². The SMILES string of the molecule is O=C([C@H](O)c1ccccc1)N1CC[C@@H]2C[C@@]21C(=O)O. The quantitative estimate of drug-likeness (QED) is 0.843. The van der Waals surface area contributed by atoms with E-state index in [-0.39, 0.29) is 5.92 Å². The number of carboxylic acid groups (broad SMARTS) is 1. The highest BCUT2D eigenvalue weighted by atomic mass is 16.4. The van der Waals surface area contributed by atoms with Crippen LogP contribution in [0, 0.1) is 5.92 Å². The average molecular weight is 261 g/mol. The van der Waals surface area contributed by atoms with Crippen LogP contribution in [0.2, 0.25) is 0 Å². The van der Waals surface area contributed by atoms with Gasteiger partial charge in [-0.2, -0.15) is 0 Å². The van der Waals surface area contributed by atoms with E-state index in [0.717, 1.165) is 0 Å². The summed E-state index contributed by atoms with van der Waals surface area (Å²) in [6.07, 6.45) is -0.0634. The Labute approximate surface area is 110 Å². The molecule has 0 spiro atoms. The van der Waals surface area contributed by atoms with Gasteiger partial charge in [0.15, 0.2) is 6.10 Å². The standard InChI is InChI=1S/C14H15NO4/c16-11(9-4-2-1-3-5-9)12(17)15-7-6-10-8-14(10,15)13(18)19/h1-5,10-11,16H,6-8H2,(H,18,19)/t10-,11-,14+/m1/s1. The van der Waals surface area contributed by atoms with Gasteiger partial charge in [-0.3, -0.25) is 4.79 Å². The smallest absolute Gasteiger partial charge is 0.329 e. The molecule has 1 aliphatic carbocycles. The highest BCUT2D eigenvalue weighted by Gasteiger charge is 2.69. The molecule has 1 aliphatic heterocycles. The van der Waals surface area contributed by atoms with Crippen molar-refractivity contribution in [1.29, 1.82) is 0 Å². The largest absolute Gasteiger partial charge is 0.479 e. The Bertz CT molecular complexity index is 530. The van der Waals surface area contributed by atoms with E-state index >= 15 is 0 Å². The van der Waals surface area contributed by atoms with Crippen LogP contribution in [0.15, 0.2) is 30.3 Å². The minimum Gasteiger partial charge on any atom is -0.479 e. The third-order valence-corrected chi connectivity index (χ3v) is 4.24. The first kappa shape index (κ1) is 12.2. The van der Waals surface area contributed by atoms with E-state index in [1.165, 1.54) is 4.90 Å². The number of benzene rings is 1. The van der Waals surface area contributed by atoms with Crippen molar-refractivity contribution in [2.45, 2.75) is 24.5 Å². The summed E-state index contributed by atoms with van der Waals surface area (Å²) in [6.45, 7) is 0.416. The van der Waals surface area contributed by atoms with E-state index in [1.807, 2.05) is 0 Å². The second-order valence-corrected chi connectivity index (χ2v) is 5.22. The summed E-state index contributed by atoms with van der Waals surface area (Å²) in [5.74, 6) is -1.41. The lowest BCUT2D eigenvalue weighted by molar-refractivity contribution is -0.155. The average Bonchev–Trinajstić information content (AvgIpc) is 3.05. The number of aliphatic hydroxyl groups is 1. The molecule has 0 unspecified atom stereocenters. The Hall–Kier alpha value is -1.88. The summed E-state index contributed by atoms with van der Waals surface area (Å²) in [4.78, 5) is 25.0. The minimum atomic E-state index is -1.28. The first-order valence-corrected chi connectivity index (χ1v) is 6.35. The molecule has 0 radical (unpaired) electrons. The third-order valence-electron chi connectivity index (χ3n) is 4.24. The fraction of sp³-hybridized carbons (Fsp3) is 0.429. The monoisotopic (exact) mass is 261 g/mol. The van der Waals surface area contributed by atoms with Crippen molar-refractivity contribution in [3.05, 3.63) is 35.9 Å². The number of carbonyl (C=O) groups excluding carboxylic acids is 1. The van der Waals surface area contributed by atoms with E-state index < -0.39 is 23.5 Å². The zero-order valence-corrected chi connectivity index (χ0v) is 10.3.